The van der Waals surface area contributed by atoms with Crippen LogP contribution in [0, 0.1) is 6.92 Å². The van der Waals surface area contributed by atoms with E-state index >= 15 is 0 Å². The van der Waals surface area contributed by atoms with Gasteiger partial charge in [-0.3, -0.25) is 0 Å². The van der Waals surface area contributed by atoms with Crippen LogP contribution in [0.2, 0.25) is 0 Å². The van der Waals surface area contributed by atoms with Crippen LogP contribution in [0.25, 0.3) is 0 Å². The summed E-state index contributed by atoms with van der Waals surface area (Å²) in [5.74, 6) is -0.370. The Bertz CT molecular complexity index is 432. The zero-order valence-corrected chi connectivity index (χ0v) is 13.8. The lowest BCUT2D eigenvalue weighted by atomic mass is 10.2. The number of hydrogen-bond acceptors (Lipinski definition) is 6. The Morgan fingerprint density at radius 2 is 2.15 bits per heavy atom. The number of hydrogen-bond donors (Lipinski definition) is 1. The largest absolute Gasteiger partial charge is 0.464 e. The van der Waals surface area contributed by atoms with E-state index in [-0.39, 0.29) is 5.97 Å². The van der Waals surface area contributed by atoms with Crippen molar-refractivity contribution in [2.24, 2.45) is 0 Å². The number of methoxy groups -OCH3 is 1. The average Bonchev–Trinajstić information content (AvgIpc) is 2.78. The van der Waals surface area contributed by atoms with Gasteiger partial charge in [-0.1, -0.05) is 0 Å². The van der Waals surface area contributed by atoms with Crippen molar-refractivity contribution in [1.82, 2.24) is 9.88 Å². The third-order valence-electron chi connectivity index (χ3n) is 3.27. The van der Waals surface area contributed by atoms with E-state index in [1.165, 1.54) is 18.4 Å². The van der Waals surface area contributed by atoms with Gasteiger partial charge in [0.2, 0.25) is 0 Å². The Kier molecular flexibility index (Phi) is 6.95. The number of rotatable bonds is 8. The van der Waals surface area contributed by atoms with Crippen LogP contribution in [0.4, 0.5) is 5.13 Å². The van der Waals surface area contributed by atoms with Gasteiger partial charge in [-0.25, -0.2) is 9.78 Å². The molecular formula is C14H25N3O2S. The van der Waals surface area contributed by atoms with E-state index in [1.807, 2.05) is 6.92 Å². The number of aromatic nitrogens is 1. The van der Waals surface area contributed by atoms with Gasteiger partial charge in [0.15, 0.2) is 10.8 Å². The second kappa shape index (κ2) is 8.21. The van der Waals surface area contributed by atoms with Crippen molar-refractivity contribution in [3.05, 3.63) is 10.6 Å². The number of thiazole rings is 1. The minimum Gasteiger partial charge on any atom is -0.464 e. The fraction of sp³-hybridized carbons (Fsp3) is 0.714. The molecule has 20 heavy (non-hydrogen) atoms. The molecule has 1 rings (SSSR count). The van der Waals surface area contributed by atoms with Gasteiger partial charge < -0.3 is 15.0 Å². The summed E-state index contributed by atoms with van der Waals surface area (Å²) in [6, 6.07) is 0.590. The molecule has 0 amide bonds. The zero-order valence-electron chi connectivity index (χ0n) is 13.0. The van der Waals surface area contributed by atoms with Crippen LogP contribution in [-0.4, -0.2) is 49.1 Å². The first-order chi connectivity index (χ1) is 9.45. The molecule has 0 bridgehead atoms. The summed E-state index contributed by atoms with van der Waals surface area (Å²) < 4.78 is 4.69. The highest BCUT2D eigenvalue weighted by Crippen LogP contribution is 2.22. The molecule has 0 unspecified atom stereocenters. The molecule has 0 atom stereocenters. The van der Waals surface area contributed by atoms with E-state index in [0.29, 0.717) is 11.7 Å². The Balaban J connectivity index is 2.31. The van der Waals surface area contributed by atoms with Crippen LogP contribution in [0.5, 0.6) is 0 Å². The lowest BCUT2D eigenvalue weighted by Crippen LogP contribution is -2.27. The third kappa shape index (κ3) is 5.09. The minimum atomic E-state index is -0.370. The highest BCUT2D eigenvalue weighted by atomic mass is 32.1. The molecule has 0 spiro atoms. The SMILES string of the molecule is COC(=O)c1nc(NCCCCN(C)C(C)C)sc1C. The molecule has 114 valence electrons. The Labute approximate surface area is 125 Å². The quantitative estimate of drug-likeness (QED) is 0.591. The molecule has 6 heteroatoms. The summed E-state index contributed by atoms with van der Waals surface area (Å²) in [5, 5.41) is 4.06. The predicted octanol–water partition coefficient (Wildman–Crippen LogP) is 2.77. The van der Waals surface area contributed by atoms with Crippen molar-refractivity contribution in [2.45, 2.75) is 39.7 Å². The number of anilines is 1. The van der Waals surface area contributed by atoms with Gasteiger partial charge in [0.05, 0.1) is 7.11 Å². The lowest BCUT2D eigenvalue weighted by molar-refractivity contribution is 0.0594. The van der Waals surface area contributed by atoms with E-state index < -0.39 is 0 Å². The van der Waals surface area contributed by atoms with Crippen LogP contribution in [0.1, 0.15) is 42.1 Å². The molecule has 1 N–H and O–H groups in total. The van der Waals surface area contributed by atoms with Gasteiger partial charge in [-0.05, 0) is 47.2 Å². The first-order valence-corrected chi connectivity index (χ1v) is 7.77. The van der Waals surface area contributed by atoms with Crippen molar-refractivity contribution in [2.75, 3.05) is 32.6 Å². The standard InChI is InChI=1S/C14H25N3O2S/c1-10(2)17(4)9-7-6-8-15-14-16-12(11(3)20-14)13(18)19-5/h10H,6-9H2,1-5H3,(H,15,16). The van der Waals surface area contributed by atoms with Crippen LogP contribution >= 0.6 is 11.3 Å². The molecule has 1 aromatic heterocycles. The van der Waals surface area contributed by atoms with Crippen molar-refractivity contribution < 1.29 is 9.53 Å². The van der Waals surface area contributed by atoms with Crippen molar-refractivity contribution in [3.63, 3.8) is 0 Å². The number of nitrogens with one attached hydrogen (secondary N) is 1. The molecule has 1 aromatic rings. The summed E-state index contributed by atoms with van der Waals surface area (Å²) in [6.45, 7) is 8.26. The molecule has 1 heterocycles. The van der Waals surface area contributed by atoms with Gasteiger partial charge in [0.25, 0.3) is 0 Å². The monoisotopic (exact) mass is 299 g/mol. The summed E-state index contributed by atoms with van der Waals surface area (Å²) in [4.78, 5) is 18.9. The van der Waals surface area contributed by atoms with Gasteiger partial charge >= 0.3 is 5.97 Å². The highest BCUT2D eigenvalue weighted by Gasteiger charge is 2.15. The van der Waals surface area contributed by atoms with E-state index in [0.717, 1.165) is 35.9 Å². The smallest absolute Gasteiger partial charge is 0.357 e. The van der Waals surface area contributed by atoms with E-state index in [2.05, 4.69) is 36.1 Å². The third-order valence-corrected chi connectivity index (χ3v) is 4.20. The summed E-state index contributed by atoms with van der Waals surface area (Å²) in [7, 11) is 3.52. The maximum absolute atomic E-state index is 11.5. The summed E-state index contributed by atoms with van der Waals surface area (Å²) >= 11 is 1.49. The molecule has 0 aliphatic rings. The minimum absolute atomic E-state index is 0.370. The Morgan fingerprint density at radius 3 is 2.75 bits per heavy atom. The van der Waals surface area contributed by atoms with Crippen LogP contribution in [-0.2, 0) is 4.74 Å². The first kappa shape index (κ1) is 16.9. The molecule has 0 aromatic carbocycles. The molecular weight excluding hydrogens is 274 g/mol. The van der Waals surface area contributed by atoms with Gasteiger partial charge in [-0.15, -0.1) is 11.3 Å². The van der Waals surface area contributed by atoms with Gasteiger partial charge in [0, 0.05) is 17.5 Å². The van der Waals surface area contributed by atoms with Crippen molar-refractivity contribution in [3.8, 4) is 0 Å². The zero-order chi connectivity index (χ0) is 15.1. The van der Waals surface area contributed by atoms with Crippen molar-refractivity contribution in [1.29, 1.82) is 0 Å². The lowest BCUT2D eigenvalue weighted by Gasteiger charge is -2.20. The van der Waals surface area contributed by atoms with E-state index in [1.54, 1.807) is 0 Å². The number of carbonyl (C=O) groups excluding carboxylic acids is 1. The highest BCUT2D eigenvalue weighted by molar-refractivity contribution is 7.15. The Morgan fingerprint density at radius 1 is 1.45 bits per heavy atom. The summed E-state index contributed by atoms with van der Waals surface area (Å²) in [5.41, 5.74) is 0.416. The van der Waals surface area contributed by atoms with Crippen LogP contribution < -0.4 is 5.32 Å². The maximum Gasteiger partial charge on any atom is 0.357 e. The first-order valence-electron chi connectivity index (χ1n) is 6.95. The number of ether oxygens (including phenoxy) is 1. The second-order valence-corrected chi connectivity index (χ2v) is 6.33. The van der Waals surface area contributed by atoms with Crippen molar-refractivity contribution >= 4 is 22.4 Å². The average molecular weight is 299 g/mol. The second-order valence-electron chi connectivity index (χ2n) is 5.12. The van der Waals surface area contributed by atoms with Gasteiger partial charge in [0.1, 0.15) is 0 Å². The van der Waals surface area contributed by atoms with Gasteiger partial charge in [-0.2, -0.15) is 0 Å². The topological polar surface area (TPSA) is 54.5 Å². The number of nitrogens with zero attached hydrogens (tertiary/aromatic N) is 2. The number of carbonyl (C=O) groups is 1. The molecule has 0 aliphatic carbocycles. The van der Waals surface area contributed by atoms with Crippen LogP contribution in [0.15, 0.2) is 0 Å². The molecule has 0 radical (unpaired) electrons. The predicted molar refractivity (Wildman–Crippen MR) is 83.7 cm³/mol. The van der Waals surface area contributed by atoms with E-state index in [9.17, 15) is 4.79 Å². The Hall–Kier alpha value is -1.14. The number of aryl methyl sites for hydroxylation is 1. The molecule has 5 nitrogen and oxygen atoms in total. The summed E-state index contributed by atoms with van der Waals surface area (Å²) in [6.07, 6.45) is 2.24. The normalized spacial score (nSPS) is 11.2. The van der Waals surface area contributed by atoms with E-state index in [4.69, 9.17) is 4.74 Å². The maximum atomic E-state index is 11.5. The molecule has 0 fully saturated rings. The fourth-order valence-electron chi connectivity index (χ4n) is 1.70. The molecule has 0 aliphatic heterocycles. The molecule has 0 saturated heterocycles. The van der Waals surface area contributed by atoms with Crippen LogP contribution in [0.3, 0.4) is 0 Å². The number of esters is 1. The molecule has 0 saturated carbocycles. The fourth-order valence-corrected chi connectivity index (χ4v) is 2.52. The number of unbranched alkanes of at least 4 members (excludes halogenated alkanes) is 1.